The third kappa shape index (κ3) is 3.74. The van der Waals surface area contributed by atoms with Crippen LogP contribution < -0.4 is 5.43 Å². The normalized spacial score (nSPS) is 10.6. The molecular weight excluding hydrogens is 236 g/mol. The quantitative estimate of drug-likeness (QED) is 0.367. The van der Waals surface area contributed by atoms with Crippen LogP contribution in [0, 0.1) is 19.3 Å². The van der Waals surface area contributed by atoms with Gasteiger partial charge in [0.25, 0.3) is 0 Å². The Labute approximate surface area is 112 Å². The van der Waals surface area contributed by atoms with Gasteiger partial charge in [0.15, 0.2) is 5.84 Å². The molecule has 0 fully saturated rings. The largest absolute Gasteiger partial charge is 0.281 e. The lowest BCUT2D eigenvalue weighted by Gasteiger charge is -2.03. The number of hydrogen-bond donors (Lipinski definition) is 2. The molecule has 0 aliphatic rings. The number of benzene rings is 2. The zero-order valence-corrected chi connectivity index (χ0v) is 11.0. The molecule has 2 aromatic carbocycles. The summed E-state index contributed by atoms with van der Waals surface area (Å²) in [5.41, 5.74) is 6.79. The Morgan fingerprint density at radius 3 is 2.26 bits per heavy atom. The number of amidine groups is 1. The third-order valence-electron chi connectivity index (χ3n) is 2.60. The first-order chi connectivity index (χ1) is 9.15. The molecule has 96 valence electrons. The highest BCUT2D eigenvalue weighted by Crippen LogP contribution is 2.13. The lowest BCUT2D eigenvalue weighted by molar-refractivity contribution is 1.14. The molecule has 0 amide bonds. The standard InChI is InChI=1S/C15H16N4/c1-11-8-12(2)10-14(9-11)17-19-18-15(16)13-6-4-3-5-7-13/h3-10H,1-2H3,(H2,16,17,18). The van der Waals surface area contributed by atoms with E-state index in [1.165, 1.54) is 0 Å². The summed E-state index contributed by atoms with van der Waals surface area (Å²) in [5, 5.41) is 15.5. The van der Waals surface area contributed by atoms with Gasteiger partial charge in [-0.25, -0.2) is 0 Å². The summed E-state index contributed by atoms with van der Waals surface area (Å²) >= 11 is 0. The van der Waals surface area contributed by atoms with Crippen LogP contribution in [0.2, 0.25) is 0 Å². The van der Waals surface area contributed by atoms with Gasteiger partial charge >= 0.3 is 0 Å². The van der Waals surface area contributed by atoms with Gasteiger partial charge in [-0.2, -0.15) is 0 Å². The Morgan fingerprint density at radius 1 is 1.00 bits per heavy atom. The van der Waals surface area contributed by atoms with Crippen LogP contribution in [-0.2, 0) is 0 Å². The number of aryl methyl sites for hydroxylation is 2. The minimum Gasteiger partial charge on any atom is -0.281 e. The van der Waals surface area contributed by atoms with E-state index in [0.717, 1.165) is 22.4 Å². The zero-order valence-electron chi connectivity index (χ0n) is 11.0. The summed E-state index contributed by atoms with van der Waals surface area (Å²) in [7, 11) is 0. The fraction of sp³-hybridized carbons (Fsp3) is 0.133. The highest BCUT2D eigenvalue weighted by atomic mass is 15.4. The van der Waals surface area contributed by atoms with Gasteiger partial charge in [0.2, 0.25) is 0 Å². The van der Waals surface area contributed by atoms with Crippen LogP contribution in [0.1, 0.15) is 16.7 Å². The van der Waals surface area contributed by atoms with Crippen molar-refractivity contribution in [3.8, 4) is 0 Å². The van der Waals surface area contributed by atoms with E-state index in [1.807, 2.05) is 56.3 Å². The maximum absolute atomic E-state index is 7.78. The van der Waals surface area contributed by atoms with Crippen molar-refractivity contribution < 1.29 is 0 Å². The monoisotopic (exact) mass is 252 g/mol. The smallest absolute Gasteiger partial charge is 0.176 e. The topological polar surface area (TPSA) is 60.6 Å². The second kappa shape index (κ2) is 5.91. The summed E-state index contributed by atoms with van der Waals surface area (Å²) in [4.78, 5) is 0. The molecule has 0 aliphatic heterocycles. The molecule has 0 saturated heterocycles. The molecule has 2 aromatic rings. The SMILES string of the molecule is Cc1cc(C)cc(N/N=N\C(=N)c2ccccc2)c1. The Kier molecular flexibility index (Phi) is 4.03. The number of nitrogens with one attached hydrogen (secondary N) is 2. The van der Waals surface area contributed by atoms with Crippen molar-refractivity contribution in [3.05, 3.63) is 65.2 Å². The van der Waals surface area contributed by atoms with Crippen molar-refractivity contribution in [2.75, 3.05) is 5.43 Å². The van der Waals surface area contributed by atoms with Crippen molar-refractivity contribution in [2.24, 2.45) is 10.3 Å². The summed E-state index contributed by atoms with van der Waals surface area (Å²) in [6.45, 7) is 4.06. The summed E-state index contributed by atoms with van der Waals surface area (Å²) < 4.78 is 0. The minimum atomic E-state index is 0.137. The minimum absolute atomic E-state index is 0.137. The van der Waals surface area contributed by atoms with Gasteiger partial charge in [0, 0.05) is 5.56 Å². The van der Waals surface area contributed by atoms with E-state index in [4.69, 9.17) is 5.41 Å². The van der Waals surface area contributed by atoms with Crippen LogP contribution in [0.15, 0.2) is 58.9 Å². The first-order valence-corrected chi connectivity index (χ1v) is 6.04. The van der Waals surface area contributed by atoms with E-state index in [1.54, 1.807) is 0 Å². The van der Waals surface area contributed by atoms with E-state index in [0.29, 0.717) is 0 Å². The Balaban J connectivity index is 2.02. The molecule has 2 N–H and O–H groups in total. The van der Waals surface area contributed by atoms with Crippen molar-refractivity contribution >= 4 is 11.5 Å². The molecule has 0 bridgehead atoms. The van der Waals surface area contributed by atoms with Crippen LogP contribution in [0.5, 0.6) is 0 Å². The van der Waals surface area contributed by atoms with Crippen molar-refractivity contribution in [1.29, 1.82) is 5.41 Å². The molecule has 0 saturated carbocycles. The number of anilines is 1. The van der Waals surface area contributed by atoms with Crippen LogP contribution in [0.3, 0.4) is 0 Å². The predicted octanol–water partition coefficient (Wildman–Crippen LogP) is 4.11. The second-order valence-electron chi connectivity index (χ2n) is 4.40. The van der Waals surface area contributed by atoms with E-state index in [-0.39, 0.29) is 5.84 Å². The highest BCUT2D eigenvalue weighted by molar-refractivity contribution is 5.96. The van der Waals surface area contributed by atoms with Crippen LogP contribution in [0.25, 0.3) is 0 Å². The molecular formula is C15H16N4. The van der Waals surface area contributed by atoms with Crippen LogP contribution in [-0.4, -0.2) is 5.84 Å². The first kappa shape index (κ1) is 13.0. The number of rotatable bonds is 3. The van der Waals surface area contributed by atoms with Gasteiger partial charge in [-0.3, -0.25) is 10.8 Å². The Morgan fingerprint density at radius 2 is 1.63 bits per heavy atom. The van der Waals surface area contributed by atoms with Crippen LogP contribution in [0.4, 0.5) is 5.69 Å². The first-order valence-electron chi connectivity index (χ1n) is 6.04. The summed E-state index contributed by atoms with van der Waals surface area (Å²) in [6, 6.07) is 15.4. The van der Waals surface area contributed by atoms with E-state index >= 15 is 0 Å². The second-order valence-corrected chi connectivity index (χ2v) is 4.40. The fourth-order valence-corrected chi connectivity index (χ4v) is 1.83. The van der Waals surface area contributed by atoms with Gasteiger partial charge < -0.3 is 0 Å². The molecule has 19 heavy (non-hydrogen) atoms. The van der Waals surface area contributed by atoms with Crippen molar-refractivity contribution in [2.45, 2.75) is 13.8 Å². The summed E-state index contributed by atoms with van der Waals surface area (Å²) in [5.74, 6) is 0.137. The van der Waals surface area contributed by atoms with Crippen LogP contribution >= 0.6 is 0 Å². The molecule has 0 aliphatic carbocycles. The number of nitrogens with zero attached hydrogens (tertiary/aromatic N) is 2. The Bertz CT molecular complexity index is 583. The van der Waals surface area contributed by atoms with Gasteiger partial charge in [-0.05, 0) is 37.1 Å². The van der Waals surface area contributed by atoms with E-state index in [9.17, 15) is 0 Å². The lowest BCUT2D eigenvalue weighted by Crippen LogP contribution is -1.95. The Hall–Kier alpha value is -2.49. The van der Waals surface area contributed by atoms with Crippen molar-refractivity contribution in [3.63, 3.8) is 0 Å². The predicted molar refractivity (Wildman–Crippen MR) is 77.7 cm³/mol. The molecule has 4 nitrogen and oxygen atoms in total. The maximum Gasteiger partial charge on any atom is 0.176 e. The molecule has 0 radical (unpaired) electrons. The molecule has 2 rings (SSSR count). The highest BCUT2D eigenvalue weighted by Gasteiger charge is 1.98. The van der Waals surface area contributed by atoms with Gasteiger partial charge in [0.1, 0.15) is 0 Å². The van der Waals surface area contributed by atoms with Gasteiger partial charge in [-0.15, -0.1) is 5.11 Å². The summed E-state index contributed by atoms with van der Waals surface area (Å²) in [6.07, 6.45) is 0. The molecule has 0 atom stereocenters. The third-order valence-corrected chi connectivity index (χ3v) is 2.60. The molecule has 0 heterocycles. The average Bonchev–Trinajstić information content (AvgIpc) is 2.38. The average molecular weight is 252 g/mol. The molecule has 0 aromatic heterocycles. The van der Waals surface area contributed by atoms with E-state index < -0.39 is 0 Å². The zero-order chi connectivity index (χ0) is 13.7. The van der Waals surface area contributed by atoms with Gasteiger partial charge in [-0.1, -0.05) is 41.6 Å². The fourth-order valence-electron chi connectivity index (χ4n) is 1.83. The van der Waals surface area contributed by atoms with Gasteiger partial charge in [0.05, 0.1) is 5.69 Å². The van der Waals surface area contributed by atoms with E-state index in [2.05, 4.69) is 21.8 Å². The van der Waals surface area contributed by atoms with Crippen molar-refractivity contribution in [1.82, 2.24) is 0 Å². The number of hydrogen-bond acceptors (Lipinski definition) is 2. The molecule has 0 unspecified atom stereocenters. The lowest BCUT2D eigenvalue weighted by atomic mass is 10.1. The molecule has 4 heteroatoms. The maximum atomic E-state index is 7.78. The molecule has 0 spiro atoms.